The minimum atomic E-state index is 0.718. The van der Waals surface area contributed by atoms with E-state index in [0.717, 1.165) is 20.6 Å². The van der Waals surface area contributed by atoms with Crippen molar-refractivity contribution in [2.24, 2.45) is 7.05 Å². The number of halogens is 1. The third kappa shape index (κ3) is 1.08. The van der Waals surface area contributed by atoms with E-state index in [1.165, 1.54) is 0 Å². The van der Waals surface area contributed by atoms with Crippen LogP contribution in [0.5, 0.6) is 0 Å². The summed E-state index contributed by atoms with van der Waals surface area (Å²) < 4.78 is 2.69. The molecule has 0 fully saturated rings. The smallest absolute Gasteiger partial charge is 0.200 e. The summed E-state index contributed by atoms with van der Waals surface area (Å²) in [6.07, 6.45) is 1.72. The quantitative estimate of drug-likeness (QED) is 0.680. The highest BCUT2D eigenvalue weighted by molar-refractivity contribution is 14.1. The summed E-state index contributed by atoms with van der Waals surface area (Å²) in [5.74, 6) is 0. The van der Waals surface area contributed by atoms with Crippen LogP contribution in [0.1, 0.15) is 5.69 Å². The zero-order valence-electron chi connectivity index (χ0n) is 6.74. The van der Waals surface area contributed by atoms with Crippen LogP contribution in [0.15, 0.2) is 6.20 Å². The standard InChI is InChI=1S/C7H7IN4/c1-4-6-7(11-12(4)2)9-3-5(8)10-6/h3H,1-2H3. The van der Waals surface area contributed by atoms with E-state index in [-0.39, 0.29) is 0 Å². The Kier molecular flexibility index (Phi) is 1.75. The zero-order chi connectivity index (χ0) is 8.72. The molecule has 0 N–H and O–H groups in total. The summed E-state index contributed by atoms with van der Waals surface area (Å²) in [4.78, 5) is 8.50. The fourth-order valence-corrected chi connectivity index (χ4v) is 1.43. The lowest BCUT2D eigenvalue weighted by Crippen LogP contribution is -1.91. The molecule has 5 heteroatoms. The number of nitrogens with zero attached hydrogens (tertiary/aromatic N) is 4. The van der Waals surface area contributed by atoms with Crippen LogP contribution < -0.4 is 0 Å². The normalized spacial score (nSPS) is 10.9. The third-order valence-corrected chi connectivity index (χ3v) is 2.32. The highest BCUT2D eigenvalue weighted by Crippen LogP contribution is 2.12. The van der Waals surface area contributed by atoms with Gasteiger partial charge in [0.15, 0.2) is 5.65 Å². The molecule has 0 aliphatic carbocycles. The third-order valence-electron chi connectivity index (χ3n) is 1.80. The lowest BCUT2D eigenvalue weighted by atomic mass is 10.4. The molecule has 0 spiro atoms. The maximum Gasteiger partial charge on any atom is 0.200 e. The summed E-state index contributed by atoms with van der Waals surface area (Å²) in [7, 11) is 1.89. The Morgan fingerprint density at radius 2 is 2.25 bits per heavy atom. The molecule has 0 amide bonds. The fourth-order valence-electron chi connectivity index (χ4n) is 1.05. The molecular weight excluding hydrogens is 267 g/mol. The van der Waals surface area contributed by atoms with E-state index in [1.54, 1.807) is 10.9 Å². The van der Waals surface area contributed by atoms with Crippen molar-refractivity contribution in [2.75, 3.05) is 0 Å². The van der Waals surface area contributed by atoms with Crippen LogP contribution in [0, 0.1) is 10.6 Å². The Hall–Kier alpha value is -0.720. The van der Waals surface area contributed by atoms with Crippen LogP contribution in [0.2, 0.25) is 0 Å². The topological polar surface area (TPSA) is 43.6 Å². The molecular formula is C7H7IN4. The molecule has 4 nitrogen and oxygen atoms in total. The van der Waals surface area contributed by atoms with E-state index in [1.807, 2.05) is 14.0 Å². The molecule has 0 saturated carbocycles. The van der Waals surface area contributed by atoms with Crippen LogP contribution in [-0.2, 0) is 7.05 Å². The molecule has 0 aliphatic rings. The van der Waals surface area contributed by atoms with Gasteiger partial charge in [0.05, 0.1) is 11.9 Å². The van der Waals surface area contributed by atoms with E-state index in [9.17, 15) is 0 Å². The van der Waals surface area contributed by atoms with Crippen LogP contribution >= 0.6 is 22.6 Å². The molecule has 0 saturated heterocycles. The first-order chi connectivity index (χ1) is 5.68. The second-order valence-corrected chi connectivity index (χ2v) is 3.68. The minimum absolute atomic E-state index is 0.718. The predicted molar refractivity (Wildman–Crippen MR) is 53.8 cm³/mol. The monoisotopic (exact) mass is 274 g/mol. The van der Waals surface area contributed by atoms with Gasteiger partial charge in [0, 0.05) is 7.05 Å². The molecule has 2 aromatic heterocycles. The Balaban J connectivity index is 2.88. The second-order valence-electron chi connectivity index (χ2n) is 2.57. The number of hydrogen-bond acceptors (Lipinski definition) is 3. The molecule has 0 aromatic carbocycles. The van der Waals surface area contributed by atoms with Crippen LogP contribution in [0.3, 0.4) is 0 Å². The molecule has 0 aliphatic heterocycles. The Labute approximate surface area is 83.2 Å². The zero-order valence-corrected chi connectivity index (χ0v) is 8.90. The van der Waals surface area contributed by atoms with Gasteiger partial charge in [0.25, 0.3) is 0 Å². The largest absolute Gasteiger partial charge is 0.268 e. The van der Waals surface area contributed by atoms with Crippen molar-refractivity contribution in [3.05, 3.63) is 15.6 Å². The van der Waals surface area contributed by atoms with Gasteiger partial charge in [0.1, 0.15) is 9.22 Å². The first-order valence-electron chi connectivity index (χ1n) is 3.50. The first-order valence-corrected chi connectivity index (χ1v) is 4.58. The van der Waals surface area contributed by atoms with Crippen molar-refractivity contribution in [3.8, 4) is 0 Å². The Morgan fingerprint density at radius 3 is 3.00 bits per heavy atom. The first kappa shape index (κ1) is 7.90. The van der Waals surface area contributed by atoms with E-state index < -0.39 is 0 Å². The SMILES string of the molecule is Cc1c2nc(I)cnc2nn1C. The Bertz CT molecular complexity index is 434. The molecule has 2 aromatic rings. The van der Waals surface area contributed by atoms with Gasteiger partial charge in [-0.25, -0.2) is 9.97 Å². The van der Waals surface area contributed by atoms with Gasteiger partial charge in [-0.3, -0.25) is 4.68 Å². The second kappa shape index (κ2) is 2.65. The van der Waals surface area contributed by atoms with Crippen molar-refractivity contribution in [1.29, 1.82) is 0 Å². The molecule has 0 atom stereocenters. The summed E-state index contributed by atoms with van der Waals surface area (Å²) >= 11 is 2.14. The van der Waals surface area contributed by atoms with Crippen molar-refractivity contribution in [2.45, 2.75) is 6.92 Å². The number of fused-ring (bicyclic) bond motifs is 1. The summed E-state index contributed by atoms with van der Waals surface area (Å²) in [6, 6.07) is 0. The van der Waals surface area contributed by atoms with Crippen molar-refractivity contribution >= 4 is 33.8 Å². The van der Waals surface area contributed by atoms with Crippen LogP contribution in [-0.4, -0.2) is 19.7 Å². The van der Waals surface area contributed by atoms with Crippen molar-refractivity contribution in [1.82, 2.24) is 19.7 Å². The minimum Gasteiger partial charge on any atom is -0.268 e. The van der Waals surface area contributed by atoms with Gasteiger partial charge in [-0.1, -0.05) is 0 Å². The highest BCUT2D eigenvalue weighted by atomic mass is 127. The maximum absolute atomic E-state index is 4.34. The highest BCUT2D eigenvalue weighted by Gasteiger charge is 2.06. The number of aromatic nitrogens is 4. The Morgan fingerprint density at radius 1 is 1.50 bits per heavy atom. The number of rotatable bonds is 0. The van der Waals surface area contributed by atoms with Crippen LogP contribution in [0.25, 0.3) is 11.2 Å². The lowest BCUT2D eigenvalue weighted by molar-refractivity contribution is 0.747. The number of hydrogen-bond donors (Lipinski definition) is 0. The predicted octanol–water partition coefficient (Wildman–Crippen LogP) is 1.28. The summed E-state index contributed by atoms with van der Waals surface area (Å²) in [5, 5.41) is 4.19. The summed E-state index contributed by atoms with van der Waals surface area (Å²) in [5.41, 5.74) is 2.66. The van der Waals surface area contributed by atoms with Crippen LogP contribution in [0.4, 0.5) is 0 Å². The van der Waals surface area contributed by atoms with Gasteiger partial charge in [0.2, 0.25) is 0 Å². The van der Waals surface area contributed by atoms with Gasteiger partial charge in [-0.15, -0.1) is 0 Å². The molecule has 2 rings (SSSR count). The van der Waals surface area contributed by atoms with Crippen molar-refractivity contribution in [3.63, 3.8) is 0 Å². The molecule has 0 unspecified atom stereocenters. The maximum atomic E-state index is 4.34. The van der Waals surface area contributed by atoms with E-state index in [0.29, 0.717) is 0 Å². The number of aryl methyl sites for hydroxylation is 2. The fraction of sp³-hybridized carbons (Fsp3) is 0.286. The van der Waals surface area contributed by atoms with Gasteiger partial charge in [-0.2, -0.15) is 5.10 Å². The van der Waals surface area contributed by atoms with E-state index in [4.69, 9.17) is 0 Å². The van der Waals surface area contributed by atoms with Gasteiger partial charge < -0.3 is 0 Å². The average molecular weight is 274 g/mol. The molecule has 12 heavy (non-hydrogen) atoms. The van der Waals surface area contributed by atoms with E-state index in [2.05, 4.69) is 37.7 Å². The van der Waals surface area contributed by atoms with Gasteiger partial charge >= 0.3 is 0 Å². The van der Waals surface area contributed by atoms with E-state index >= 15 is 0 Å². The van der Waals surface area contributed by atoms with Gasteiger partial charge in [-0.05, 0) is 29.5 Å². The average Bonchev–Trinajstić information content (AvgIpc) is 2.31. The molecule has 0 bridgehead atoms. The molecule has 0 radical (unpaired) electrons. The van der Waals surface area contributed by atoms with Crippen molar-refractivity contribution < 1.29 is 0 Å². The molecule has 2 heterocycles. The lowest BCUT2D eigenvalue weighted by Gasteiger charge is -1.90. The molecule has 62 valence electrons. The summed E-state index contributed by atoms with van der Waals surface area (Å²) in [6.45, 7) is 1.99.